The largest absolute Gasteiger partial charge is 0.347 e. The van der Waals surface area contributed by atoms with Crippen LogP contribution in [0.5, 0.6) is 0 Å². The molecule has 0 aromatic rings. The number of ether oxygens (including phenoxy) is 2. The second-order valence-electron chi connectivity index (χ2n) is 9.33. The van der Waals surface area contributed by atoms with Gasteiger partial charge in [0.05, 0.1) is 18.6 Å². The van der Waals surface area contributed by atoms with Crippen molar-refractivity contribution in [1.82, 2.24) is 0 Å². The third kappa shape index (κ3) is 1.89. The highest BCUT2D eigenvalue weighted by atomic mass is 16.7. The third-order valence-corrected chi connectivity index (χ3v) is 8.17. The van der Waals surface area contributed by atoms with Gasteiger partial charge in [0.1, 0.15) is 5.78 Å². The summed E-state index contributed by atoms with van der Waals surface area (Å²) < 4.78 is 12.4. The Hall–Kier alpha value is -0.670. The van der Waals surface area contributed by atoms with Gasteiger partial charge in [-0.1, -0.05) is 32.4 Å². The molecule has 1 spiro atoms. The number of hydrogen-bond acceptors (Lipinski definition) is 3. The van der Waals surface area contributed by atoms with Crippen LogP contribution in [-0.4, -0.2) is 24.8 Å². The van der Waals surface area contributed by atoms with E-state index in [1.165, 1.54) is 5.57 Å². The fourth-order valence-electron chi connectivity index (χ4n) is 6.91. The summed E-state index contributed by atoms with van der Waals surface area (Å²) in [5, 5.41) is 0. The van der Waals surface area contributed by atoms with Crippen molar-refractivity contribution in [3.05, 3.63) is 11.6 Å². The first-order chi connectivity index (χ1) is 11.3. The van der Waals surface area contributed by atoms with Crippen LogP contribution < -0.4 is 0 Å². The molecule has 3 fully saturated rings. The van der Waals surface area contributed by atoms with E-state index in [1.807, 2.05) is 6.92 Å². The molecule has 24 heavy (non-hydrogen) atoms. The lowest BCUT2D eigenvalue weighted by Gasteiger charge is -2.64. The van der Waals surface area contributed by atoms with Crippen LogP contribution in [0.15, 0.2) is 11.6 Å². The first kappa shape index (κ1) is 16.8. The lowest BCUT2D eigenvalue weighted by Crippen LogP contribution is -2.62. The molecule has 1 aliphatic heterocycles. The van der Waals surface area contributed by atoms with Gasteiger partial charge in [-0.15, -0.1) is 0 Å². The van der Waals surface area contributed by atoms with Gasteiger partial charge in [0.2, 0.25) is 0 Å². The summed E-state index contributed by atoms with van der Waals surface area (Å²) in [5.74, 6) is 0.482. The minimum Gasteiger partial charge on any atom is -0.347 e. The molecule has 0 N–H and O–H groups in total. The molecule has 3 atom stereocenters. The number of allylic oxidation sites excluding steroid dienone is 2. The van der Waals surface area contributed by atoms with Gasteiger partial charge in [0.15, 0.2) is 5.79 Å². The van der Waals surface area contributed by atoms with E-state index in [0.29, 0.717) is 24.9 Å². The van der Waals surface area contributed by atoms with Gasteiger partial charge in [-0.25, -0.2) is 0 Å². The highest BCUT2D eigenvalue weighted by Crippen LogP contribution is 2.69. The molecule has 2 saturated carbocycles. The molecule has 0 aromatic carbocycles. The van der Waals surface area contributed by atoms with Crippen molar-refractivity contribution >= 4 is 5.78 Å². The van der Waals surface area contributed by atoms with E-state index in [1.54, 1.807) is 0 Å². The fourth-order valence-corrected chi connectivity index (χ4v) is 6.91. The number of carbonyl (C=O) groups excluding carboxylic acids is 1. The topological polar surface area (TPSA) is 35.5 Å². The van der Waals surface area contributed by atoms with Gasteiger partial charge in [0.25, 0.3) is 0 Å². The Bertz CT molecular complexity index is 584. The number of carbonyl (C=O) groups is 1. The molecule has 134 valence electrons. The van der Waals surface area contributed by atoms with E-state index in [-0.39, 0.29) is 16.2 Å². The molecule has 0 unspecified atom stereocenters. The van der Waals surface area contributed by atoms with Crippen LogP contribution in [0.1, 0.15) is 72.6 Å². The molecule has 1 heterocycles. The SMILES string of the molecule is CC(=O)[C@]12CCCC=C1[C@@]1(C)CCC3(OCCO3)C(C)(C)[C@@H]1CC2. The summed E-state index contributed by atoms with van der Waals surface area (Å²) in [7, 11) is 0. The molecule has 3 heteroatoms. The maximum Gasteiger partial charge on any atom is 0.173 e. The average molecular weight is 332 g/mol. The minimum absolute atomic E-state index is 0.0300. The summed E-state index contributed by atoms with van der Waals surface area (Å²) in [6.45, 7) is 10.4. The van der Waals surface area contributed by atoms with E-state index in [2.05, 4.69) is 26.8 Å². The molecule has 3 aliphatic carbocycles. The summed E-state index contributed by atoms with van der Waals surface area (Å²) in [4.78, 5) is 12.7. The number of rotatable bonds is 1. The summed E-state index contributed by atoms with van der Waals surface area (Å²) >= 11 is 0. The molecule has 1 saturated heterocycles. The first-order valence-corrected chi connectivity index (χ1v) is 9.79. The number of hydrogen-bond donors (Lipinski definition) is 0. The lowest BCUT2D eigenvalue weighted by molar-refractivity contribution is -0.284. The van der Waals surface area contributed by atoms with E-state index < -0.39 is 5.79 Å². The van der Waals surface area contributed by atoms with Gasteiger partial charge in [0, 0.05) is 11.8 Å². The molecule has 3 nitrogen and oxygen atoms in total. The molecule has 0 aromatic heterocycles. The minimum atomic E-state index is -0.414. The Morgan fingerprint density at radius 3 is 2.46 bits per heavy atom. The van der Waals surface area contributed by atoms with E-state index in [0.717, 1.165) is 44.9 Å². The van der Waals surface area contributed by atoms with Gasteiger partial charge in [-0.2, -0.15) is 0 Å². The van der Waals surface area contributed by atoms with Crippen molar-refractivity contribution in [2.24, 2.45) is 22.2 Å². The number of ketones is 1. The zero-order chi connectivity index (χ0) is 17.2. The summed E-state index contributed by atoms with van der Waals surface area (Å²) in [6, 6.07) is 0. The van der Waals surface area contributed by atoms with Crippen LogP contribution in [0.2, 0.25) is 0 Å². The van der Waals surface area contributed by atoms with E-state index in [9.17, 15) is 4.79 Å². The van der Waals surface area contributed by atoms with E-state index >= 15 is 0 Å². The Morgan fingerprint density at radius 1 is 1.08 bits per heavy atom. The molecule has 4 aliphatic rings. The van der Waals surface area contributed by atoms with Crippen molar-refractivity contribution < 1.29 is 14.3 Å². The second-order valence-corrected chi connectivity index (χ2v) is 9.33. The maximum absolute atomic E-state index is 12.7. The second kappa shape index (κ2) is 5.17. The molecular weight excluding hydrogens is 300 g/mol. The number of Topliss-reactive ketones (excluding diaryl/α,β-unsaturated/α-hetero) is 1. The van der Waals surface area contributed by atoms with Crippen LogP contribution in [0, 0.1) is 22.2 Å². The predicted octanol–water partition coefficient (Wildman–Crippen LogP) is 4.65. The third-order valence-electron chi connectivity index (χ3n) is 8.17. The van der Waals surface area contributed by atoms with Gasteiger partial charge in [-0.05, 0) is 56.8 Å². The van der Waals surface area contributed by atoms with Crippen LogP contribution in [0.3, 0.4) is 0 Å². The zero-order valence-corrected chi connectivity index (χ0v) is 15.7. The highest BCUT2D eigenvalue weighted by Gasteiger charge is 2.66. The Kier molecular flexibility index (Phi) is 3.61. The zero-order valence-electron chi connectivity index (χ0n) is 15.7. The van der Waals surface area contributed by atoms with Crippen LogP contribution in [0.25, 0.3) is 0 Å². The Balaban J connectivity index is 1.79. The van der Waals surface area contributed by atoms with Crippen LogP contribution in [-0.2, 0) is 14.3 Å². The summed E-state index contributed by atoms with van der Waals surface area (Å²) in [5.41, 5.74) is 1.36. The van der Waals surface area contributed by atoms with Gasteiger partial charge < -0.3 is 9.47 Å². The van der Waals surface area contributed by atoms with Crippen molar-refractivity contribution in [2.45, 2.75) is 78.4 Å². The standard InChI is InChI=1S/C21H32O3/c1-15(22)20-9-6-5-7-17(20)19(4)11-12-21(23-13-14-24-21)18(2,3)16(19)8-10-20/h7,16H,5-6,8-14H2,1-4H3/t16-,19-,20+/m0/s1. The quantitative estimate of drug-likeness (QED) is 0.656. The van der Waals surface area contributed by atoms with Crippen molar-refractivity contribution in [3.8, 4) is 0 Å². The first-order valence-electron chi connectivity index (χ1n) is 9.79. The molecule has 0 radical (unpaired) electrons. The average Bonchev–Trinajstić information content (AvgIpc) is 3.02. The molecule has 0 amide bonds. The van der Waals surface area contributed by atoms with E-state index in [4.69, 9.17) is 9.47 Å². The smallest absolute Gasteiger partial charge is 0.173 e. The molecule has 0 bridgehead atoms. The van der Waals surface area contributed by atoms with Crippen molar-refractivity contribution in [2.75, 3.05) is 13.2 Å². The predicted molar refractivity (Wildman–Crippen MR) is 93.5 cm³/mol. The maximum atomic E-state index is 12.7. The lowest BCUT2D eigenvalue weighted by atomic mass is 9.42. The summed E-state index contributed by atoms with van der Waals surface area (Å²) in [6.07, 6.45) is 9.90. The fraction of sp³-hybridized carbons (Fsp3) is 0.857. The van der Waals surface area contributed by atoms with Crippen molar-refractivity contribution in [1.29, 1.82) is 0 Å². The molecular formula is C21H32O3. The number of fused-ring (bicyclic) bond motifs is 3. The van der Waals surface area contributed by atoms with Gasteiger partial charge in [-0.3, -0.25) is 4.79 Å². The Morgan fingerprint density at radius 2 is 1.79 bits per heavy atom. The normalized spacial score (nSPS) is 43.0. The Labute approximate surface area is 146 Å². The van der Waals surface area contributed by atoms with Crippen LogP contribution >= 0.6 is 0 Å². The molecule has 4 rings (SSSR count). The highest BCUT2D eigenvalue weighted by molar-refractivity contribution is 5.86. The van der Waals surface area contributed by atoms with Crippen molar-refractivity contribution in [3.63, 3.8) is 0 Å². The van der Waals surface area contributed by atoms with Gasteiger partial charge >= 0.3 is 0 Å². The monoisotopic (exact) mass is 332 g/mol. The van der Waals surface area contributed by atoms with Crippen LogP contribution in [0.4, 0.5) is 0 Å².